The quantitative estimate of drug-likeness (QED) is 0.242. The van der Waals surface area contributed by atoms with Crippen molar-refractivity contribution in [2.45, 2.75) is 6.92 Å². The average Bonchev–Trinajstić information content (AvgIpc) is 2.05. The largest absolute Gasteiger partial charge is 1.00 e. The fraction of sp³-hybridized carbons (Fsp3) is 0.125. The Bertz CT molecular complexity index is 238. The SMILES string of the molecule is CC(=NO)c1ccccc1.[H-].[Na+]. The first-order valence-electron chi connectivity index (χ1n) is 3.08. The minimum Gasteiger partial charge on any atom is -1.00 e. The molecule has 1 aromatic carbocycles. The van der Waals surface area contributed by atoms with Gasteiger partial charge in [0.2, 0.25) is 0 Å². The summed E-state index contributed by atoms with van der Waals surface area (Å²) < 4.78 is 0. The predicted octanol–water partition coefficient (Wildman–Crippen LogP) is -0.999. The van der Waals surface area contributed by atoms with Crippen molar-refractivity contribution < 1.29 is 36.2 Å². The Labute approximate surface area is 89.7 Å². The summed E-state index contributed by atoms with van der Waals surface area (Å²) in [7, 11) is 0. The van der Waals surface area contributed by atoms with Crippen LogP contribution in [0.5, 0.6) is 0 Å². The maximum absolute atomic E-state index is 8.38. The molecule has 0 amide bonds. The van der Waals surface area contributed by atoms with E-state index in [4.69, 9.17) is 5.21 Å². The third-order valence-electron chi connectivity index (χ3n) is 1.34. The third-order valence-corrected chi connectivity index (χ3v) is 1.34. The Morgan fingerprint density at radius 3 is 2.36 bits per heavy atom. The minimum absolute atomic E-state index is 0. The maximum Gasteiger partial charge on any atom is 1.00 e. The van der Waals surface area contributed by atoms with Gasteiger partial charge in [0, 0.05) is 0 Å². The monoisotopic (exact) mass is 159 g/mol. The van der Waals surface area contributed by atoms with Crippen LogP contribution >= 0.6 is 0 Å². The smallest absolute Gasteiger partial charge is 1.00 e. The van der Waals surface area contributed by atoms with Gasteiger partial charge in [-0.05, 0) is 12.5 Å². The molecule has 0 unspecified atom stereocenters. The van der Waals surface area contributed by atoms with E-state index in [0.717, 1.165) is 5.56 Å². The van der Waals surface area contributed by atoms with Crippen LogP contribution in [0.2, 0.25) is 0 Å². The fourth-order valence-corrected chi connectivity index (χ4v) is 0.737. The number of rotatable bonds is 1. The van der Waals surface area contributed by atoms with Crippen molar-refractivity contribution in [1.82, 2.24) is 0 Å². The van der Waals surface area contributed by atoms with E-state index < -0.39 is 0 Å². The van der Waals surface area contributed by atoms with Gasteiger partial charge in [-0.15, -0.1) is 0 Å². The second-order valence-electron chi connectivity index (χ2n) is 2.05. The van der Waals surface area contributed by atoms with E-state index in [9.17, 15) is 0 Å². The van der Waals surface area contributed by atoms with Gasteiger partial charge in [-0.2, -0.15) is 0 Å². The number of oxime groups is 1. The summed E-state index contributed by atoms with van der Waals surface area (Å²) in [6.07, 6.45) is 0. The molecule has 11 heavy (non-hydrogen) atoms. The molecule has 3 heteroatoms. The van der Waals surface area contributed by atoms with Crippen LogP contribution in [-0.4, -0.2) is 10.9 Å². The van der Waals surface area contributed by atoms with Crippen LogP contribution in [0.3, 0.4) is 0 Å². The normalized spacial score (nSPS) is 10.5. The Morgan fingerprint density at radius 2 is 1.91 bits per heavy atom. The first-order valence-corrected chi connectivity index (χ1v) is 3.08. The van der Waals surface area contributed by atoms with E-state index in [2.05, 4.69) is 5.16 Å². The van der Waals surface area contributed by atoms with Crippen molar-refractivity contribution in [3.63, 3.8) is 0 Å². The second-order valence-corrected chi connectivity index (χ2v) is 2.05. The van der Waals surface area contributed by atoms with Gasteiger partial charge >= 0.3 is 29.6 Å². The molecule has 0 radical (unpaired) electrons. The zero-order valence-corrected chi connectivity index (χ0v) is 8.78. The van der Waals surface area contributed by atoms with Crippen LogP contribution in [0.4, 0.5) is 0 Å². The zero-order valence-electron chi connectivity index (χ0n) is 7.78. The Hall–Kier alpha value is -0.310. The summed E-state index contributed by atoms with van der Waals surface area (Å²) >= 11 is 0. The number of nitrogens with zero attached hydrogens (tertiary/aromatic N) is 1. The molecule has 0 heterocycles. The van der Waals surface area contributed by atoms with Crippen LogP contribution in [0.1, 0.15) is 13.9 Å². The van der Waals surface area contributed by atoms with Gasteiger partial charge in [0.05, 0.1) is 5.71 Å². The van der Waals surface area contributed by atoms with Gasteiger partial charge in [0.15, 0.2) is 0 Å². The Kier molecular flexibility index (Phi) is 5.20. The average molecular weight is 159 g/mol. The molecule has 1 rings (SSSR count). The van der Waals surface area contributed by atoms with Gasteiger partial charge in [-0.3, -0.25) is 0 Å². The van der Waals surface area contributed by atoms with E-state index in [1.807, 2.05) is 30.3 Å². The van der Waals surface area contributed by atoms with Crippen LogP contribution in [0.15, 0.2) is 35.5 Å². The van der Waals surface area contributed by atoms with Crippen molar-refractivity contribution in [2.75, 3.05) is 0 Å². The molecule has 0 aliphatic carbocycles. The molecule has 0 saturated carbocycles. The molecule has 1 N–H and O–H groups in total. The van der Waals surface area contributed by atoms with E-state index in [1.54, 1.807) is 6.92 Å². The number of hydrogen-bond donors (Lipinski definition) is 1. The van der Waals surface area contributed by atoms with E-state index in [1.165, 1.54) is 0 Å². The van der Waals surface area contributed by atoms with Crippen molar-refractivity contribution in [3.8, 4) is 0 Å². The van der Waals surface area contributed by atoms with Gasteiger partial charge in [-0.25, -0.2) is 0 Å². The molecular weight excluding hydrogens is 149 g/mol. The molecule has 0 aliphatic rings. The van der Waals surface area contributed by atoms with Gasteiger partial charge in [0.1, 0.15) is 0 Å². The molecule has 0 atom stereocenters. The van der Waals surface area contributed by atoms with Gasteiger partial charge in [-0.1, -0.05) is 35.5 Å². The van der Waals surface area contributed by atoms with E-state index in [0.29, 0.717) is 5.71 Å². The first kappa shape index (κ1) is 10.7. The summed E-state index contributed by atoms with van der Waals surface area (Å²) in [5.74, 6) is 0. The van der Waals surface area contributed by atoms with E-state index >= 15 is 0 Å². The molecule has 2 nitrogen and oxygen atoms in total. The number of benzene rings is 1. The molecule has 0 aromatic heterocycles. The summed E-state index contributed by atoms with van der Waals surface area (Å²) in [4.78, 5) is 0. The maximum atomic E-state index is 8.38. The van der Waals surface area contributed by atoms with Crippen molar-refractivity contribution in [2.24, 2.45) is 5.16 Å². The van der Waals surface area contributed by atoms with Gasteiger partial charge in [0.25, 0.3) is 0 Å². The molecule has 0 fully saturated rings. The van der Waals surface area contributed by atoms with Crippen molar-refractivity contribution >= 4 is 5.71 Å². The van der Waals surface area contributed by atoms with Crippen molar-refractivity contribution in [3.05, 3.63) is 35.9 Å². The molecule has 0 bridgehead atoms. The number of hydrogen-bond acceptors (Lipinski definition) is 2. The van der Waals surface area contributed by atoms with Gasteiger partial charge < -0.3 is 6.63 Å². The zero-order chi connectivity index (χ0) is 7.40. The Morgan fingerprint density at radius 1 is 1.36 bits per heavy atom. The van der Waals surface area contributed by atoms with Crippen LogP contribution in [0.25, 0.3) is 0 Å². The molecular formula is C8H10NNaO. The van der Waals surface area contributed by atoms with E-state index in [-0.39, 0.29) is 31.0 Å². The molecule has 1 aromatic rings. The summed E-state index contributed by atoms with van der Waals surface area (Å²) in [6, 6.07) is 9.53. The molecule has 54 valence electrons. The molecule has 0 saturated heterocycles. The Balaban J connectivity index is 0. The van der Waals surface area contributed by atoms with Crippen molar-refractivity contribution in [1.29, 1.82) is 0 Å². The minimum atomic E-state index is 0. The summed E-state index contributed by atoms with van der Waals surface area (Å²) in [5, 5.41) is 11.5. The predicted molar refractivity (Wildman–Crippen MR) is 41.6 cm³/mol. The third kappa shape index (κ3) is 3.06. The first-order chi connectivity index (χ1) is 4.84. The van der Waals surface area contributed by atoms with Crippen LogP contribution in [-0.2, 0) is 0 Å². The summed E-state index contributed by atoms with van der Waals surface area (Å²) in [5.41, 5.74) is 1.59. The summed E-state index contributed by atoms with van der Waals surface area (Å²) in [6.45, 7) is 1.76. The topological polar surface area (TPSA) is 32.6 Å². The standard InChI is InChI=1S/C8H9NO.Na.H/c1-7(9-10)8-5-3-2-4-6-8;;/h2-6,10H,1H3;;/q;+1;-1. The molecule has 0 aliphatic heterocycles. The fourth-order valence-electron chi connectivity index (χ4n) is 0.737. The molecule has 0 spiro atoms. The van der Waals surface area contributed by atoms with Crippen LogP contribution in [0, 0.1) is 0 Å². The van der Waals surface area contributed by atoms with Crippen LogP contribution < -0.4 is 29.6 Å². The second kappa shape index (κ2) is 5.35.